The minimum Gasteiger partial charge on any atom is -0.363 e. The number of thiocarbonyl (C=S) groups is 1. The number of halogens is 1. The van der Waals surface area contributed by atoms with E-state index in [-0.39, 0.29) is 6.04 Å². The van der Waals surface area contributed by atoms with Crippen molar-refractivity contribution < 1.29 is 0 Å². The molecule has 0 spiro atoms. The Morgan fingerprint density at radius 3 is 2.53 bits per heavy atom. The third-order valence-electron chi connectivity index (χ3n) is 2.05. The summed E-state index contributed by atoms with van der Waals surface area (Å²) in [6, 6.07) is 8.45. The van der Waals surface area contributed by atoms with Gasteiger partial charge in [0.25, 0.3) is 0 Å². The van der Waals surface area contributed by atoms with E-state index in [9.17, 15) is 0 Å². The highest BCUT2D eigenvalue weighted by atomic mass is 79.9. The molecule has 0 saturated heterocycles. The zero-order valence-corrected chi connectivity index (χ0v) is 11.3. The first-order valence-corrected chi connectivity index (χ1v) is 6.13. The third-order valence-corrected chi connectivity index (χ3v) is 2.85. The highest BCUT2D eigenvalue weighted by Crippen LogP contribution is 2.16. The second-order valence-electron chi connectivity index (χ2n) is 3.28. The van der Waals surface area contributed by atoms with E-state index >= 15 is 0 Å². The summed E-state index contributed by atoms with van der Waals surface area (Å²) in [6.45, 7) is 4.96. The SMILES string of the molecule is CCNC(=S)N[C@H](C)c1ccc(Br)cc1. The van der Waals surface area contributed by atoms with Crippen molar-refractivity contribution in [3.05, 3.63) is 34.3 Å². The van der Waals surface area contributed by atoms with Gasteiger partial charge in [0.1, 0.15) is 0 Å². The fourth-order valence-corrected chi connectivity index (χ4v) is 1.83. The van der Waals surface area contributed by atoms with E-state index < -0.39 is 0 Å². The van der Waals surface area contributed by atoms with Crippen molar-refractivity contribution in [1.29, 1.82) is 0 Å². The topological polar surface area (TPSA) is 24.1 Å². The van der Waals surface area contributed by atoms with E-state index in [1.54, 1.807) is 0 Å². The highest BCUT2D eigenvalue weighted by Gasteiger charge is 2.05. The van der Waals surface area contributed by atoms with E-state index in [2.05, 4.69) is 45.6 Å². The molecule has 0 saturated carbocycles. The summed E-state index contributed by atoms with van der Waals surface area (Å²) in [4.78, 5) is 0. The van der Waals surface area contributed by atoms with Crippen LogP contribution in [0.15, 0.2) is 28.7 Å². The Bertz CT molecular complexity index is 324. The normalized spacial score (nSPS) is 11.9. The van der Waals surface area contributed by atoms with Crippen LogP contribution in [0.4, 0.5) is 0 Å². The van der Waals surface area contributed by atoms with E-state index in [1.807, 2.05) is 19.1 Å². The molecule has 0 amide bonds. The summed E-state index contributed by atoms with van der Waals surface area (Å²) in [5.41, 5.74) is 1.22. The maximum Gasteiger partial charge on any atom is 0.166 e. The van der Waals surface area contributed by atoms with Crippen LogP contribution in [0.2, 0.25) is 0 Å². The van der Waals surface area contributed by atoms with Gasteiger partial charge in [-0.2, -0.15) is 0 Å². The Morgan fingerprint density at radius 2 is 2.00 bits per heavy atom. The molecule has 0 fully saturated rings. The lowest BCUT2D eigenvalue weighted by Crippen LogP contribution is -2.36. The van der Waals surface area contributed by atoms with E-state index in [0.29, 0.717) is 5.11 Å². The Morgan fingerprint density at radius 1 is 1.40 bits per heavy atom. The van der Waals surface area contributed by atoms with Crippen molar-refractivity contribution in [3.8, 4) is 0 Å². The molecule has 82 valence electrons. The lowest BCUT2D eigenvalue weighted by Gasteiger charge is -2.16. The molecular formula is C11H15BrN2S. The monoisotopic (exact) mass is 286 g/mol. The first-order valence-electron chi connectivity index (χ1n) is 4.93. The number of hydrogen-bond acceptors (Lipinski definition) is 1. The van der Waals surface area contributed by atoms with Gasteiger partial charge >= 0.3 is 0 Å². The average molecular weight is 287 g/mol. The highest BCUT2D eigenvalue weighted by molar-refractivity contribution is 9.10. The fourth-order valence-electron chi connectivity index (χ4n) is 1.24. The molecule has 2 N–H and O–H groups in total. The molecule has 0 bridgehead atoms. The van der Waals surface area contributed by atoms with Crippen LogP contribution < -0.4 is 10.6 Å². The molecule has 2 nitrogen and oxygen atoms in total. The lowest BCUT2D eigenvalue weighted by molar-refractivity contribution is 0.702. The molecule has 4 heteroatoms. The molecule has 0 aliphatic heterocycles. The molecule has 0 unspecified atom stereocenters. The summed E-state index contributed by atoms with van der Waals surface area (Å²) in [7, 11) is 0. The average Bonchev–Trinajstić information content (AvgIpc) is 2.18. The smallest absolute Gasteiger partial charge is 0.166 e. The van der Waals surface area contributed by atoms with Gasteiger partial charge in [-0.25, -0.2) is 0 Å². The van der Waals surface area contributed by atoms with Crippen LogP contribution in [0, 0.1) is 0 Å². The quantitative estimate of drug-likeness (QED) is 0.836. The van der Waals surface area contributed by atoms with Crippen molar-refractivity contribution in [2.24, 2.45) is 0 Å². The fraction of sp³-hybridized carbons (Fsp3) is 0.364. The van der Waals surface area contributed by atoms with Gasteiger partial charge in [-0.1, -0.05) is 28.1 Å². The molecule has 1 atom stereocenters. The van der Waals surface area contributed by atoms with Crippen LogP contribution in [-0.4, -0.2) is 11.7 Å². The molecule has 0 heterocycles. The van der Waals surface area contributed by atoms with Gasteiger partial charge in [0, 0.05) is 11.0 Å². The zero-order chi connectivity index (χ0) is 11.3. The Balaban J connectivity index is 2.57. The summed E-state index contributed by atoms with van der Waals surface area (Å²) in [5.74, 6) is 0. The number of rotatable bonds is 3. The number of nitrogens with one attached hydrogen (secondary N) is 2. The van der Waals surface area contributed by atoms with Gasteiger partial charge in [0.15, 0.2) is 5.11 Å². The van der Waals surface area contributed by atoms with Crippen molar-refractivity contribution in [1.82, 2.24) is 10.6 Å². The first kappa shape index (κ1) is 12.5. The van der Waals surface area contributed by atoms with Gasteiger partial charge in [0.2, 0.25) is 0 Å². The maximum atomic E-state index is 5.12. The summed E-state index contributed by atoms with van der Waals surface area (Å²) in [5, 5.41) is 6.99. The predicted octanol–water partition coefficient (Wildman–Crippen LogP) is 2.99. The van der Waals surface area contributed by atoms with Crippen LogP contribution in [-0.2, 0) is 0 Å². The maximum absolute atomic E-state index is 5.12. The largest absolute Gasteiger partial charge is 0.363 e. The molecule has 1 aromatic carbocycles. The molecule has 0 aliphatic rings. The Labute approximate surface area is 105 Å². The van der Waals surface area contributed by atoms with Crippen LogP contribution in [0.5, 0.6) is 0 Å². The van der Waals surface area contributed by atoms with E-state index in [1.165, 1.54) is 5.56 Å². The van der Waals surface area contributed by atoms with Gasteiger partial charge in [-0.05, 0) is 43.8 Å². The molecule has 0 aromatic heterocycles. The lowest BCUT2D eigenvalue weighted by atomic mass is 10.1. The minimum absolute atomic E-state index is 0.227. The van der Waals surface area contributed by atoms with Crippen molar-refractivity contribution >= 4 is 33.3 Å². The Hall–Kier alpha value is -0.610. The van der Waals surface area contributed by atoms with Crippen LogP contribution in [0.25, 0.3) is 0 Å². The van der Waals surface area contributed by atoms with Gasteiger partial charge < -0.3 is 10.6 Å². The molecule has 15 heavy (non-hydrogen) atoms. The first-order chi connectivity index (χ1) is 7.13. The molecule has 1 aromatic rings. The number of hydrogen-bond donors (Lipinski definition) is 2. The van der Waals surface area contributed by atoms with E-state index in [0.717, 1.165) is 11.0 Å². The summed E-state index contributed by atoms with van der Waals surface area (Å²) in [6.07, 6.45) is 0. The van der Waals surface area contributed by atoms with Crippen molar-refractivity contribution in [2.75, 3.05) is 6.54 Å². The van der Waals surface area contributed by atoms with E-state index in [4.69, 9.17) is 12.2 Å². The van der Waals surface area contributed by atoms with Crippen molar-refractivity contribution in [2.45, 2.75) is 19.9 Å². The third kappa shape index (κ3) is 4.18. The van der Waals surface area contributed by atoms with Crippen molar-refractivity contribution in [3.63, 3.8) is 0 Å². The van der Waals surface area contributed by atoms with Gasteiger partial charge in [0.05, 0.1) is 6.04 Å². The second-order valence-corrected chi connectivity index (χ2v) is 4.60. The number of benzene rings is 1. The van der Waals surface area contributed by atoms with Crippen LogP contribution in [0.3, 0.4) is 0 Å². The minimum atomic E-state index is 0.227. The summed E-state index contributed by atoms with van der Waals surface area (Å²) >= 11 is 8.54. The molecular weight excluding hydrogens is 272 g/mol. The second kappa shape index (κ2) is 6.08. The predicted molar refractivity (Wildman–Crippen MR) is 72.0 cm³/mol. The summed E-state index contributed by atoms with van der Waals surface area (Å²) < 4.78 is 1.09. The Kier molecular flexibility index (Phi) is 5.05. The standard InChI is InChI=1S/C11H15BrN2S/c1-3-13-11(15)14-8(2)9-4-6-10(12)7-5-9/h4-8H,3H2,1-2H3,(H2,13,14,15)/t8-/m1/s1. The van der Waals surface area contributed by atoms with Gasteiger partial charge in [-0.3, -0.25) is 0 Å². The van der Waals surface area contributed by atoms with Gasteiger partial charge in [-0.15, -0.1) is 0 Å². The molecule has 0 aliphatic carbocycles. The molecule has 0 radical (unpaired) electrons. The van der Waals surface area contributed by atoms with Crippen LogP contribution >= 0.6 is 28.1 Å². The molecule has 1 rings (SSSR count). The van der Waals surface area contributed by atoms with Crippen LogP contribution in [0.1, 0.15) is 25.5 Å². The zero-order valence-electron chi connectivity index (χ0n) is 8.88.